The van der Waals surface area contributed by atoms with Crippen LogP contribution in [-0.2, 0) is 4.74 Å². The Kier molecular flexibility index (Phi) is 7.96. The summed E-state index contributed by atoms with van der Waals surface area (Å²) in [5.41, 5.74) is 1.30. The van der Waals surface area contributed by atoms with Gasteiger partial charge in [0.2, 0.25) is 0 Å². The Morgan fingerprint density at radius 2 is 1.62 bits per heavy atom. The van der Waals surface area contributed by atoms with Gasteiger partial charge in [-0.15, -0.1) is 0 Å². The molecule has 1 atom stereocenters. The van der Waals surface area contributed by atoms with Crippen LogP contribution in [0.5, 0.6) is 11.5 Å². The molecule has 2 aromatic rings. The summed E-state index contributed by atoms with van der Waals surface area (Å²) in [6.45, 7) is 7.77. The third kappa shape index (κ3) is 6.41. The number of ether oxygens (including phenoxy) is 3. The van der Waals surface area contributed by atoms with Gasteiger partial charge >= 0.3 is 0 Å². The van der Waals surface area contributed by atoms with Crippen molar-refractivity contribution in [1.29, 1.82) is 0 Å². The molecule has 0 saturated carbocycles. The van der Waals surface area contributed by atoms with E-state index in [0.29, 0.717) is 31.1 Å². The number of carbonyl (C=O) groups excluding carboxylic acids is 1. The van der Waals surface area contributed by atoms with Crippen molar-refractivity contribution >= 4 is 11.6 Å². The van der Waals surface area contributed by atoms with Crippen molar-refractivity contribution in [2.45, 2.75) is 33.3 Å². The van der Waals surface area contributed by atoms with Crippen molar-refractivity contribution in [1.82, 2.24) is 0 Å². The summed E-state index contributed by atoms with van der Waals surface area (Å²) < 4.78 is 16.5. The number of amides is 1. The van der Waals surface area contributed by atoms with Gasteiger partial charge in [0.1, 0.15) is 18.1 Å². The number of hydrogen-bond acceptors (Lipinski definition) is 4. The second-order valence-corrected chi connectivity index (χ2v) is 5.88. The SMILES string of the molecule is CCOCCOc1ccc(C(=O)Nc2ccc(OC(C)CC)cc2)cc1. The minimum Gasteiger partial charge on any atom is -0.491 e. The first kappa shape index (κ1) is 19.8. The number of anilines is 1. The van der Waals surface area contributed by atoms with Crippen molar-refractivity contribution < 1.29 is 19.0 Å². The van der Waals surface area contributed by atoms with Gasteiger partial charge in [-0.05, 0) is 68.8 Å². The summed E-state index contributed by atoms with van der Waals surface area (Å²) in [6, 6.07) is 14.4. The van der Waals surface area contributed by atoms with Crippen molar-refractivity contribution in [2.75, 3.05) is 25.1 Å². The first-order valence-electron chi connectivity index (χ1n) is 9.01. The number of hydrogen-bond donors (Lipinski definition) is 1. The minimum atomic E-state index is -0.165. The molecule has 0 radical (unpaired) electrons. The summed E-state index contributed by atoms with van der Waals surface area (Å²) in [5.74, 6) is 1.35. The van der Waals surface area contributed by atoms with E-state index in [4.69, 9.17) is 14.2 Å². The molecule has 1 N–H and O–H groups in total. The molecule has 5 heteroatoms. The molecule has 0 heterocycles. The van der Waals surface area contributed by atoms with E-state index in [0.717, 1.165) is 17.9 Å². The largest absolute Gasteiger partial charge is 0.491 e. The maximum absolute atomic E-state index is 12.3. The van der Waals surface area contributed by atoms with Crippen molar-refractivity contribution in [3.05, 3.63) is 54.1 Å². The molecule has 0 aliphatic carbocycles. The summed E-state index contributed by atoms with van der Waals surface area (Å²) in [7, 11) is 0. The third-order valence-corrected chi connectivity index (χ3v) is 3.84. The first-order valence-corrected chi connectivity index (χ1v) is 9.01. The molecule has 5 nitrogen and oxygen atoms in total. The molecule has 1 amide bonds. The van der Waals surface area contributed by atoms with E-state index < -0.39 is 0 Å². The molecule has 0 saturated heterocycles. The lowest BCUT2D eigenvalue weighted by Crippen LogP contribution is -2.12. The molecule has 26 heavy (non-hydrogen) atoms. The quantitative estimate of drug-likeness (QED) is 0.635. The van der Waals surface area contributed by atoms with Crippen molar-refractivity contribution in [2.24, 2.45) is 0 Å². The van der Waals surface area contributed by atoms with Gasteiger partial charge < -0.3 is 19.5 Å². The Morgan fingerprint density at radius 1 is 0.962 bits per heavy atom. The van der Waals surface area contributed by atoms with Crippen LogP contribution in [0.2, 0.25) is 0 Å². The summed E-state index contributed by atoms with van der Waals surface area (Å²) >= 11 is 0. The maximum Gasteiger partial charge on any atom is 0.255 e. The predicted octanol–water partition coefficient (Wildman–Crippen LogP) is 4.53. The summed E-state index contributed by atoms with van der Waals surface area (Å²) in [4.78, 5) is 12.3. The molecule has 2 aromatic carbocycles. The van der Waals surface area contributed by atoms with Crippen LogP contribution in [-0.4, -0.2) is 31.8 Å². The maximum atomic E-state index is 12.3. The van der Waals surface area contributed by atoms with Crippen LogP contribution in [0, 0.1) is 0 Å². The second kappa shape index (κ2) is 10.5. The van der Waals surface area contributed by atoms with Gasteiger partial charge in [-0.25, -0.2) is 0 Å². The first-order chi connectivity index (χ1) is 12.6. The second-order valence-electron chi connectivity index (χ2n) is 5.88. The Bertz CT molecular complexity index is 667. The zero-order valence-corrected chi connectivity index (χ0v) is 15.7. The van der Waals surface area contributed by atoms with E-state index in [1.165, 1.54) is 0 Å². The number of rotatable bonds is 10. The molecule has 0 aliphatic rings. The van der Waals surface area contributed by atoms with E-state index in [1.54, 1.807) is 24.3 Å². The Balaban J connectivity index is 1.87. The van der Waals surface area contributed by atoms with E-state index >= 15 is 0 Å². The van der Waals surface area contributed by atoms with E-state index in [2.05, 4.69) is 12.2 Å². The molecule has 0 aromatic heterocycles. The zero-order valence-electron chi connectivity index (χ0n) is 15.7. The fourth-order valence-corrected chi connectivity index (χ4v) is 2.20. The highest BCUT2D eigenvalue weighted by Crippen LogP contribution is 2.19. The van der Waals surface area contributed by atoms with Gasteiger partial charge in [0, 0.05) is 17.9 Å². The zero-order chi connectivity index (χ0) is 18.8. The highest BCUT2D eigenvalue weighted by atomic mass is 16.5. The topological polar surface area (TPSA) is 56.8 Å². The minimum absolute atomic E-state index is 0.165. The lowest BCUT2D eigenvalue weighted by Gasteiger charge is -2.13. The lowest BCUT2D eigenvalue weighted by molar-refractivity contribution is 0.102. The van der Waals surface area contributed by atoms with Crippen LogP contribution in [0.4, 0.5) is 5.69 Å². The summed E-state index contributed by atoms with van der Waals surface area (Å²) in [5, 5.41) is 2.88. The average Bonchev–Trinajstić information content (AvgIpc) is 2.67. The average molecular weight is 357 g/mol. The number of benzene rings is 2. The smallest absolute Gasteiger partial charge is 0.255 e. The highest BCUT2D eigenvalue weighted by molar-refractivity contribution is 6.04. The molecular weight excluding hydrogens is 330 g/mol. The monoisotopic (exact) mass is 357 g/mol. The lowest BCUT2D eigenvalue weighted by atomic mass is 10.2. The van der Waals surface area contributed by atoms with E-state index in [-0.39, 0.29) is 12.0 Å². The Labute approximate surface area is 155 Å². The van der Waals surface area contributed by atoms with E-state index in [1.807, 2.05) is 38.1 Å². The fourth-order valence-electron chi connectivity index (χ4n) is 2.20. The highest BCUT2D eigenvalue weighted by Gasteiger charge is 2.07. The Morgan fingerprint density at radius 3 is 2.23 bits per heavy atom. The van der Waals surface area contributed by atoms with E-state index in [9.17, 15) is 4.79 Å². The predicted molar refractivity (Wildman–Crippen MR) is 103 cm³/mol. The van der Waals surface area contributed by atoms with Crippen molar-refractivity contribution in [3.63, 3.8) is 0 Å². The summed E-state index contributed by atoms with van der Waals surface area (Å²) in [6.07, 6.45) is 1.12. The number of nitrogens with one attached hydrogen (secondary N) is 1. The van der Waals surface area contributed by atoms with Crippen LogP contribution in [0.1, 0.15) is 37.6 Å². The molecule has 140 valence electrons. The number of carbonyl (C=O) groups is 1. The third-order valence-electron chi connectivity index (χ3n) is 3.84. The molecule has 0 aliphatic heterocycles. The van der Waals surface area contributed by atoms with Gasteiger partial charge in [-0.2, -0.15) is 0 Å². The van der Waals surface area contributed by atoms with Crippen LogP contribution >= 0.6 is 0 Å². The van der Waals surface area contributed by atoms with Crippen LogP contribution < -0.4 is 14.8 Å². The molecule has 0 spiro atoms. The molecule has 2 rings (SSSR count). The van der Waals surface area contributed by atoms with Crippen LogP contribution in [0.15, 0.2) is 48.5 Å². The van der Waals surface area contributed by atoms with Gasteiger partial charge in [0.25, 0.3) is 5.91 Å². The van der Waals surface area contributed by atoms with Crippen LogP contribution in [0.25, 0.3) is 0 Å². The molecule has 0 fully saturated rings. The fraction of sp³-hybridized carbons (Fsp3) is 0.381. The van der Waals surface area contributed by atoms with Gasteiger partial charge in [-0.3, -0.25) is 4.79 Å². The Hall–Kier alpha value is -2.53. The van der Waals surface area contributed by atoms with Gasteiger partial charge in [-0.1, -0.05) is 6.92 Å². The molecule has 1 unspecified atom stereocenters. The van der Waals surface area contributed by atoms with Gasteiger partial charge in [0.15, 0.2) is 0 Å². The normalized spacial score (nSPS) is 11.7. The standard InChI is InChI=1S/C21H27NO4/c1-4-16(3)26-20-12-8-18(9-13-20)22-21(23)17-6-10-19(11-7-17)25-15-14-24-5-2/h6-13,16H,4-5,14-15H2,1-3H3,(H,22,23). The van der Waals surface area contributed by atoms with Crippen LogP contribution in [0.3, 0.4) is 0 Å². The van der Waals surface area contributed by atoms with Crippen molar-refractivity contribution in [3.8, 4) is 11.5 Å². The molecular formula is C21H27NO4. The molecule has 0 bridgehead atoms. The van der Waals surface area contributed by atoms with Gasteiger partial charge in [0.05, 0.1) is 12.7 Å².